The molecular weight excluding hydrogens is 675 g/mol. The monoisotopic (exact) mass is 679 g/mol. The van der Waals surface area contributed by atoms with Crippen molar-refractivity contribution in [3.8, 4) is 0 Å². The van der Waals surface area contributed by atoms with Crippen LogP contribution in [0.4, 0.5) is 87.8 Å². The second kappa shape index (κ2) is 17.0. The first-order chi connectivity index (χ1) is 20.1. The van der Waals surface area contributed by atoms with Gasteiger partial charge in [-0.1, -0.05) is 0 Å². The van der Waals surface area contributed by atoms with Crippen LogP contribution in [0, 0.1) is 116 Å². The van der Waals surface area contributed by atoms with Gasteiger partial charge >= 0.3 is 0 Å². The van der Waals surface area contributed by atoms with Gasteiger partial charge < -0.3 is 0 Å². The van der Waals surface area contributed by atoms with E-state index in [4.69, 9.17) is 0 Å². The van der Waals surface area contributed by atoms with E-state index in [2.05, 4.69) is 0 Å². The molecule has 0 amide bonds. The topological polar surface area (TPSA) is 0 Å². The van der Waals surface area contributed by atoms with Crippen molar-refractivity contribution in [2.24, 2.45) is 0 Å². The van der Waals surface area contributed by atoms with Crippen LogP contribution in [0.15, 0.2) is 24.3 Å². The average molecular weight is 679 g/mol. The van der Waals surface area contributed by atoms with Gasteiger partial charge in [0.05, 0.1) is 0 Å². The molecule has 0 unspecified atom stereocenters. The van der Waals surface area contributed by atoms with E-state index >= 15 is 0 Å². The fourth-order valence-corrected chi connectivity index (χ4v) is 2.18. The number of hydrogen-bond donors (Lipinski definition) is 0. The molecule has 241 valence electrons. The van der Waals surface area contributed by atoms with Crippen LogP contribution in [0.5, 0.6) is 0 Å². The first-order valence-electron chi connectivity index (χ1n) is 10.1. The van der Waals surface area contributed by atoms with Crippen LogP contribution in [0.2, 0.25) is 0 Å². The molecule has 0 aliphatic heterocycles. The number of hydrogen-bond acceptors (Lipinski definition) is 0. The SMILES string of the molecule is Fc1cc(F)c(F)c(F)c1F.Fc1cc(F)c(F)c(F)c1F.Fc1cc(F)c(F)c(F)c1F.Fc1cc(F)c(F)c(F)c1F.[Li]. The van der Waals surface area contributed by atoms with E-state index in [9.17, 15) is 87.8 Å². The minimum Gasteiger partial charge on any atom is -0.204 e. The first-order valence-corrected chi connectivity index (χ1v) is 10.1. The van der Waals surface area contributed by atoms with Gasteiger partial charge in [0.15, 0.2) is 93.1 Å². The third-order valence-electron chi connectivity index (χ3n) is 4.23. The molecule has 0 atom stereocenters. The van der Waals surface area contributed by atoms with E-state index in [1.165, 1.54) is 0 Å². The Kier molecular flexibility index (Phi) is 15.5. The zero-order chi connectivity index (χ0) is 34.4. The van der Waals surface area contributed by atoms with Crippen molar-refractivity contribution in [2.75, 3.05) is 0 Å². The van der Waals surface area contributed by atoms with E-state index in [0.717, 1.165) is 0 Å². The van der Waals surface area contributed by atoms with Gasteiger partial charge in [0.25, 0.3) is 0 Å². The summed E-state index contributed by atoms with van der Waals surface area (Å²) in [7, 11) is 0. The van der Waals surface area contributed by atoms with Crippen LogP contribution >= 0.6 is 0 Å². The molecule has 0 saturated heterocycles. The van der Waals surface area contributed by atoms with Crippen LogP contribution in [0.3, 0.4) is 0 Å². The van der Waals surface area contributed by atoms with Gasteiger partial charge in [-0.2, -0.15) is 0 Å². The Bertz CT molecular complexity index is 1320. The summed E-state index contributed by atoms with van der Waals surface area (Å²) >= 11 is 0. The molecule has 45 heavy (non-hydrogen) atoms. The van der Waals surface area contributed by atoms with Crippen molar-refractivity contribution >= 4 is 18.9 Å². The van der Waals surface area contributed by atoms with Crippen molar-refractivity contribution in [1.82, 2.24) is 0 Å². The Hall–Kier alpha value is -3.92. The quantitative estimate of drug-likeness (QED) is 0.0753. The summed E-state index contributed by atoms with van der Waals surface area (Å²) in [6.07, 6.45) is 0. The summed E-state index contributed by atoms with van der Waals surface area (Å²) in [6, 6.07) is -0.247. The van der Waals surface area contributed by atoms with Gasteiger partial charge in [0, 0.05) is 43.1 Å². The normalized spacial score (nSPS) is 10.0. The summed E-state index contributed by atoms with van der Waals surface area (Å²) < 4.78 is 240. The summed E-state index contributed by atoms with van der Waals surface area (Å²) in [6.45, 7) is 0. The number of rotatable bonds is 0. The zero-order valence-corrected chi connectivity index (χ0v) is 20.9. The molecule has 4 aromatic rings. The molecule has 0 spiro atoms. The van der Waals surface area contributed by atoms with E-state index in [1.807, 2.05) is 0 Å². The Morgan fingerprint density at radius 2 is 0.267 bits per heavy atom. The summed E-state index contributed by atoms with van der Waals surface area (Å²) in [4.78, 5) is 0. The molecule has 4 aromatic carbocycles. The third-order valence-corrected chi connectivity index (χ3v) is 4.23. The van der Waals surface area contributed by atoms with Gasteiger partial charge in [-0.3, -0.25) is 0 Å². The molecule has 0 bridgehead atoms. The van der Waals surface area contributed by atoms with Crippen LogP contribution in [-0.4, -0.2) is 18.9 Å². The Labute approximate surface area is 247 Å². The van der Waals surface area contributed by atoms with Crippen molar-refractivity contribution in [2.45, 2.75) is 0 Å². The number of halogens is 20. The van der Waals surface area contributed by atoms with Gasteiger partial charge in [0.1, 0.15) is 0 Å². The van der Waals surface area contributed by atoms with Gasteiger partial charge in [0.2, 0.25) is 23.3 Å². The smallest absolute Gasteiger partial charge is 0.200 e. The van der Waals surface area contributed by atoms with Crippen LogP contribution in [-0.2, 0) is 0 Å². The summed E-state index contributed by atoms with van der Waals surface area (Å²) in [5.74, 6) is -38.6. The van der Waals surface area contributed by atoms with Gasteiger partial charge in [-0.25, -0.2) is 87.8 Å². The largest absolute Gasteiger partial charge is 0.204 e. The molecule has 21 heteroatoms. The van der Waals surface area contributed by atoms with Crippen molar-refractivity contribution < 1.29 is 87.8 Å². The van der Waals surface area contributed by atoms with E-state index in [1.54, 1.807) is 0 Å². The van der Waals surface area contributed by atoms with Gasteiger partial charge in [-0.15, -0.1) is 0 Å². The summed E-state index contributed by atoms with van der Waals surface area (Å²) in [5.41, 5.74) is 0. The fraction of sp³-hybridized carbons (Fsp3) is 0. The fourth-order valence-electron chi connectivity index (χ4n) is 2.18. The molecule has 0 fully saturated rings. The molecule has 1 radical (unpaired) electrons. The van der Waals surface area contributed by atoms with E-state index < -0.39 is 116 Å². The second-order valence-corrected chi connectivity index (χ2v) is 7.13. The Morgan fingerprint density at radius 1 is 0.178 bits per heavy atom. The molecule has 0 N–H and O–H groups in total. The third kappa shape index (κ3) is 10.0. The van der Waals surface area contributed by atoms with Crippen LogP contribution in [0.1, 0.15) is 0 Å². The zero-order valence-electron chi connectivity index (χ0n) is 20.9. The van der Waals surface area contributed by atoms with Crippen molar-refractivity contribution in [1.29, 1.82) is 0 Å². The molecular formula is C24H4F20Li. The molecule has 0 saturated carbocycles. The van der Waals surface area contributed by atoms with Gasteiger partial charge in [-0.05, 0) is 0 Å². The predicted octanol–water partition coefficient (Wildman–Crippen LogP) is 9.15. The number of benzene rings is 4. The molecule has 0 aliphatic rings. The van der Waals surface area contributed by atoms with Crippen LogP contribution < -0.4 is 0 Å². The van der Waals surface area contributed by atoms with Crippen LogP contribution in [0.25, 0.3) is 0 Å². The average Bonchev–Trinajstić information content (AvgIpc) is 2.97. The predicted molar refractivity (Wildman–Crippen MR) is 111 cm³/mol. The maximum Gasteiger partial charge on any atom is 0.200 e. The molecule has 0 aliphatic carbocycles. The Morgan fingerprint density at radius 3 is 0.356 bits per heavy atom. The summed E-state index contributed by atoms with van der Waals surface area (Å²) in [5, 5.41) is 0. The molecule has 0 heterocycles. The maximum atomic E-state index is 12.0. The standard InChI is InChI=1S/4C6HF5.Li/c4*7-2-1-3(8)5(10)6(11)4(2)9;/h4*1H;. The van der Waals surface area contributed by atoms with E-state index in [-0.39, 0.29) is 43.1 Å². The molecule has 0 nitrogen and oxygen atoms in total. The second-order valence-electron chi connectivity index (χ2n) is 7.13. The maximum absolute atomic E-state index is 12.0. The van der Waals surface area contributed by atoms with Crippen molar-refractivity contribution in [3.05, 3.63) is 141 Å². The first kappa shape index (κ1) is 41.1. The van der Waals surface area contributed by atoms with Crippen molar-refractivity contribution in [3.63, 3.8) is 0 Å². The van der Waals surface area contributed by atoms with E-state index in [0.29, 0.717) is 0 Å². The molecule has 0 aromatic heterocycles. The molecule has 4 rings (SSSR count). The Balaban J connectivity index is 0.000000569. The minimum absolute atomic E-state index is 0. The minimum atomic E-state index is -2.14.